The second-order valence-electron chi connectivity index (χ2n) is 4.23. The minimum absolute atomic E-state index is 0.265. The molecule has 1 rings (SSSR count). The molecule has 0 radical (unpaired) electrons. The molecule has 0 amide bonds. The van der Waals surface area contributed by atoms with Gasteiger partial charge in [0.05, 0.1) is 19.3 Å². The number of nitrogens with one attached hydrogen (secondary N) is 1. The van der Waals surface area contributed by atoms with E-state index < -0.39 is 0 Å². The van der Waals surface area contributed by atoms with E-state index in [-0.39, 0.29) is 11.5 Å². The summed E-state index contributed by atoms with van der Waals surface area (Å²) in [5.41, 5.74) is -0.265. The molecule has 74 valence electrons. The van der Waals surface area contributed by atoms with E-state index in [0.717, 1.165) is 6.42 Å². The fourth-order valence-corrected chi connectivity index (χ4v) is 1.76. The Kier molecular flexibility index (Phi) is 3.29. The van der Waals surface area contributed by atoms with Crippen molar-refractivity contribution in [2.45, 2.75) is 26.3 Å². The van der Waals surface area contributed by atoms with Crippen LogP contribution in [0.15, 0.2) is 0 Å². The van der Waals surface area contributed by atoms with E-state index in [9.17, 15) is 0 Å². The SMILES string of the molecule is CNC(CC(C)C)C1(C#N)COC1. The van der Waals surface area contributed by atoms with Crippen LogP contribution >= 0.6 is 0 Å². The third-order valence-electron chi connectivity index (χ3n) is 2.66. The van der Waals surface area contributed by atoms with Crippen LogP contribution in [0.5, 0.6) is 0 Å². The van der Waals surface area contributed by atoms with Crippen LogP contribution in [0.4, 0.5) is 0 Å². The molecule has 0 spiro atoms. The van der Waals surface area contributed by atoms with Crippen LogP contribution in [0, 0.1) is 22.7 Å². The third-order valence-corrected chi connectivity index (χ3v) is 2.66. The Hall–Kier alpha value is -0.590. The predicted molar refractivity (Wildman–Crippen MR) is 51.2 cm³/mol. The molecule has 1 unspecified atom stereocenters. The molecule has 0 aliphatic carbocycles. The second kappa shape index (κ2) is 4.08. The summed E-state index contributed by atoms with van der Waals surface area (Å²) < 4.78 is 5.13. The van der Waals surface area contributed by atoms with E-state index in [4.69, 9.17) is 10.00 Å². The fourth-order valence-electron chi connectivity index (χ4n) is 1.76. The van der Waals surface area contributed by atoms with Crippen molar-refractivity contribution in [1.29, 1.82) is 5.26 Å². The quantitative estimate of drug-likeness (QED) is 0.709. The molecule has 0 saturated carbocycles. The zero-order valence-electron chi connectivity index (χ0n) is 8.63. The molecule has 1 saturated heterocycles. The van der Waals surface area contributed by atoms with Gasteiger partial charge in [-0.2, -0.15) is 5.26 Å². The van der Waals surface area contributed by atoms with Gasteiger partial charge in [-0.1, -0.05) is 13.8 Å². The van der Waals surface area contributed by atoms with Crippen LogP contribution in [-0.2, 0) is 4.74 Å². The lowest BCUT2D eigenvalue weighted by molar-refractivity contribution is -0.0980. The van der Waals surface area contributed by atoms with Gasteiger partial charge in [0.2, 0.25) is 0 Å². The zero-order valence-corrected chi connectivity index (χ0v) is 8.63. The Bertz CT molecular complexity index is 203. The minimum atomic E-state index is -0.265. The lowest BCUT2D eigenvalue weighted by atomic mass is 9.76. The molecular weight excluding hydrogens is 164 g/mol. The number of hydrogen-bond acceptors (Lipinski definition) is 3. The van der Waals surface area contributed by atoms with Crippen molar-refractivity contribution in [3.8, 4) is 6.07 Å². The molecule has 1 N–H and O–H groups in total. The van der Waals surface area contributed by atoms with Crippen molar-refractivity contribution in [3.63, 3.8) is 0 Å². The first-order valence-corrected chi connectivity index (χ1v) is 4.81. The first-order valence-electron chi connectivity index (χ1n) is 4.81. The van der Waals surface area contributed by atoms with E-state index >= 15 is 0 Å². The molecule has 0 aromatic carbocycles. The number of rotatable bonds is 4. The largest absolute Gasteiger partial charge is 0.378 e. The van der Waals surface area contributed by atoms with E-state index in [0.29, 0.717) is 19.1 Å². The number of ether oxygens (including phenoxy) is 1. The predicted octanol–water partition coefficient (Wildman–Crippen LogP) is 1.16. The monoisotopic (exact) mass is 182 g/mol. The third kappa shape index (κ3) is 2.01. The van der Waals surface area contributed by atoms with Crippen LogP contribution in [0.3, 0.4) is 0 Å². The lowest BCUT2D eigenvalue weighted by Gasteiger charge is -2.42. The highest BCUT2D eigenvalue weighted by Crippen LogP contribution is 2.33. The zero-order chi connectivity index (χ0) is 9.90. The van der Waals surface area contributed by atoms with E-state index in [2.05, 4.69) is 25.2 Å². The maximum atomic E-state index is 9.08. The summed E-state index contributed by atoms with van der Waals surface area (Å²) in [5.74, 6) is 0.614. The molecule has 0 aromatic rings. The lowest BCUT2D eigenvalue weighted by Crippen LogP contribution is -2.55. The molecule has 0 bridgehead atoms. The highest BCUT2D eigenvalue weighted by Gasteiger charge is 2.45. The summed E-state index contributed by atoms with van der Waals surface area (Å²) in [6.07, 6.45) is 1.04. The normalized spacial score (nSPS) is 22.1. The van der Waals surface area contributed by atoms with Crippen LogP contribution in [0.2, 0.25) is 0 Å². The molecule has 0 aromatic heterocycles. The van der Waals surface area contributed by atoms with Gasteiger partial charge in [0, 0.05) is 6.04 Å². The molecule has 13 heavy (non-hydrogen) atoms. The maximum Gasteiger partial charge on any atom is 0.119 e. The van der Waals surface area contributed by atoms with Crippen LogP contribution < -0.4 is 5.32 Å². The van der Waals surface area contributed by atoms with Crippen molar-refractivity contribution in [3.05, 3.63) is 0 Å². The summed E-state index contributed by atoms with van der Waals surface area (Å²) in [5, 5.41) is 12.3. The molecule has 3 heteroatoms. The Morgan fingerprint density at radius 2 is 2.15 bits per heavy atom. The average molecular weight is 182 g/mol. The van der Waals surface area contributed by atoms with Crippen LogP contribution in [0.25, 0.3) is 0 Å². The van der Waals surface area contributed by atoms with Crippen molar-refractivity contribution < 1.29 is 4.74 Å². The molecule has 3 nitrogen and oxygen atoms in total. The first-order chi connectivity index (χ1) is 6.14. The van der Waals surface area contributed by atoms with Gasteiger partial charge >= 0.3 is 0 Å². The summed E-state index contributed by atoms with van der Waals surface area (Å²) in [6, 6.07) is 2.65. The van der Waals surface area contributed by atoms with Gasteiger partial charge in [0.25, 0.3) is 0 Å². The second-order valence-corrected chi connectivity index (χ2v) is 4.23. The van der Waals surface area contributed by atoms with E-state index in [1.807, 2.05) is 7.05 Å². The Morgan fingerprint density at radius 3 is 2.38 bits per heavy atom. The fraction of sp³-hybridized carbons (Fsp3) is 0.900. The van der Waals surface area contributed by atoms with Crippen molar-refractivity contribution in [2.75, 3.05) is 20.3 Å². The summed E-state index contributed by atoms with van der Waals surface area (Å²) in [6.45, 7) is 5.52. The summed E-state index contributed by atoms with van der Waals surface area (Å²) in [7, 11) is 1.92. The van der Waals surface area contributed by atoms with Gasteiger partial charge < -0.3 is 10.1 Å². The first kappa shape index (κ1) is 10.5. The van der Waals surface area contributed by atoms with Crippen molar-refractivity contribution in [1.82, 2.24) is 5.32 Å². The van der Waals surface area contributed by atoms with Gasteiger partial charge in [-0.15, -0.1) is 0 Å². The van der Waals surface area contributed by atoms with Gasteiger partial charge in [0.1, 0.15) is 5.41 Å². The molecule has 1 fully saturated rings. The van der Waals surface area contributed by atoms with Crippen molar-refractivity contribution >= 4 is 0 Å². The smallest absolute Gasteiger partial charge is 0.119 e. The van der Waals surface area contributed by atoms with E-state index in [1.54, 1.807) is 0 Å². The van der Waals surface area contributed by atoms with Gasteiger partial charge in [-0.05, 0) is 19.4 Å². The number of nitrogens with zero attached hydrogens (tertiary/aromatic N) is 1. The molecule has 1 aliphatic heterocycles. The van der Waals surface area contributed by atoms with Crippen molar-refractivity contribution in [2.24, 2.45) is 11.3 Å². The maximum absolute atomic E-state index is 9.08. The number of nitriles is 1. The van der Waals surface area contributed by atoms with E-state index in [1.165, 1.54) is 0 Å². The summed E-state index contributed by atoms with van der Waals surface area (Å²) >= 11 is 0. The average Bonchev–Trinajstić information content (AvgIpc) is 2.01. The number of hydrogen-bond donors (Lipinski definition) is 1. The highest BCUT2D eigenvalue weighted by atomic mass is 16.5. The van der Waals surface area contributed by atoms with Gasteiger partial charge in [-0.25, -0.2) is 0 Å². The molecular formula is C10H18N2O. The van der Waals surface area contributed by atoms with Gasteiger partial charge in [-0.3, -0.25) is 0 Å². The molecule has 1 aliphatic rings. The molecule has 1 atom stereocenters. The Morgan fingerprint density at radius 1 is 1.54 bits per heavy atom. The highest BCUT2D eigenvalue weighted by molar-refractivity contribution is 5.10. The standard InChI is InChI=1S/C10H18N2O/c1-8(2)4-9(12-3)10(5-11)6-13-7-10/h8-9,12H,4,6-7H2,1-3H3. The topological polar surface area (TPSA) is 45.0 Å². The minimum Gasteiger partial charge on any atom is -0.378 e. The van der Waals surface area contributed by atoms with Crippen LogP contribution in [0.1, 0.15) is 20.3 Å². The summed E-state index contributed by atoms with van der Waals surface area (Å²) in [4.78, 5) is 0. The Labute approximate surface area is 80.1 Å². The molecule has 1 heterocycles. The van der Waals surface area contributed by atoms with Gasteiger partial charge in [0.15, 0.2) is 0 Å². The van der Waals surface area contributed by atoms with Crippen LogP contribution in [-0.4, -0.2) is 26.3 Å². The Balaban J connectivity index is 2.59.